The van der Waals surface area contributed by atoms with E-state index in [9.17, 15) is 4.79 Å². The zero-order chi connectivity index (χ0) is 14.8. The second-order valence-electron chi connectivity index (χ2n) is 4.88. The predicted molar refractivity (Wildman–Crippen MR) is 83.4 cm³/mol. The van der Waals surface area contributed by atoms with Crippen LogP contribution in [0.25, 0.3) is 11.0 Å². The summed E-state index contributed by atoms with van der Waals surface area (Å²) in [5.41, 5.74) is 3.31. The molecule has 106 valence electrons. The van der Waals surface area contributed by atoms with Gasteiger partial charge in [-0.25, -0.2) is 4.98 Å². The summed E-state index contributed by atoms with van der Waals surface area (Å²) < 4.78 is 0. The number of nitrogens with one attached hydrogen (secondary N) is 2. The Kier molecular flexibility index (Phi) is 3.62. The number of benzene rings is 2. The van der Waals surface area contributed by atoms with Gasteiger partial charge in [0.2, 0.25) is 0 Å². The van der Waals surface area contributed by atoms with Crippen LogP contribution >= 0.6 is 11.6 Å². The maximum atomic E-state index is 12.3. The minimum absolute atomic E-state index is 0.0905. The number of H-pyrrole nitrogens is 1. The Morgan fingerprint density at radius 1 is 1.24 bits per heavy atom. The fourth-order valence-corrected chi connectivity index (χ4v) is 2.32. The van der Waals surface area contributed by atoms with Gasteiger partial charge >= 0.3 is 0 Å². The lowest BCUT2D eigenvalue weighted by Gasteiger charge is -2.14. The van der Waals surface area contributed by atoms with Crippen LogP contribution in [0.5, 0.6) is 0 Å². The van der Waals surface area contributed by atoms with E-state index in [1.54, 1.807) is 18.5 Å². The quantitative estimate of drug-likeness (QED) is 0.774. The van der Waals surface area contributed by atoms with Crippen LogP contribution in [0.4, 0.5) is 0 Å². The number of aromatic nitrogens is 2. The number of fused-ring (bicyclic) bond motifs is 1. The standard InChI is InChI=1S/C16H14ClN3O/c1-10(11-2-5-13(17)6-3-11)20-16(21)12-4-7-14-15(8-12)19-9-18-14/h2-10H,1H3,(H,18,19)(H,20,21)/t10-/m1/s1. The first kappa shape index (κ1) is 13.6. The molecule has 0 saturated heterocycles. The summed E-state index contributed by atoms with van der Waals surface area (Å²) in [5, 5.41) is 3.65. The summed E-state index contributed by atoms with van der Waals surface area (Å²) in [6.45, 7) is 1.94. The first-order valence-corrected chi connectivity index (χ1v) is 7.01. The lowest BCUT2D eigenvalue weighted by molar-refractivity contribution is 0.0940. The molecule has 1 atom stereocenters. The highest BCUT2D eigenvalue weighted by Gasteiger charge is 2.12. The molecule has 1 heterocycles. The lowest BCUT2D eigenvalue weighted by Crippen LogP contribution is -2.26. The molecular weight excluding hydrogens is 286 g/mol. The summed E-state index contributed by atoms with van der Waals surface area (Å²) >= 11 is 5.87. The number of nitrogens with zero attached hydrogens (tertiary/aromatic N) is 1. The highest BCUT2D eigenvalue weighted by atomic mass is 35.5. The second kappa shape index (κ2) is 5.58. The van der Waals surface area contributed by atoms with E-state index in [4.69, 9.17) is 11.6 Å². The van der Waals surface area contributed by atoms with Crippen LogP contribution in [-0.4, -0.2) is 15.9 Å². The van der Waals surface area contributed by atoms with E-state index >= 15 is 0 Å². The smallest absolute Gasteiger partial charge is 0.251 e. The monoisotopic (exact) mass is 299 g/mol. The summed E-state index contributed by atoms with van der Waals surface area (Å²) in [5.74, 6) is -0.117. The van der Waals surface area contributed by atoms with Gasteiger partial charge in [0.15, 0.2) is 0 Å². The van der Waals surface area contributed by atoms with Crippen LogP contribution in [-0.2, 0) is 0 Å². The molecule has 2 aromatic carbocycles. The molecule has 5 heteroatoms. The average molecular weight is 300 g/mol. The first-order chi connectivity index (χ1) is 10.1. The molecule has 3 aromatic rings. The number of imidazole rings is 1. The van der Waals surface area contributed by atoms with Crippen molar-refractivity contribution in [2.24, 2.45) is 0 Å². The molecule has 3 rings (SSSR count). The third-order valence-electron chi connectivity index (χ3n) is 3.40. The van der Waals surface area contributed by atoms with Crippen molar-refractivity contribution >= 4 is 28.5 Å². The van der Waals surface area contributed by atoms with Crippen LogP contribution in [0.15, 0.2) is 48.8 Å². The van der Waals surface area contributed by atoms with Crippen LogP contribution < -0.4 is 5.32 Å². The Bertz CT molecular complexity index is 780. The van der Waals surface area contributed by atoms with E-state index in [0.29, 0.717) is 10.6 Å². The second-order valence-corrected chi connectivity index (χ2v) is 5.32. The third-order valence-corrected chi connectivity index (χ3v) is 3.65. The Hall–Kier alpha value is -2.33. The number of amides is 1. The Morgan fingerprint density at radius 3 is 2.76 bits per heavy atom. The average Bonchev–Trinajstić information content (AvgIpc) is 2.95. The van der Waals surface area contributed by atoms with Crippen LogP contribution in [0, 0.1) is 0 Å². The largest absolute Gasteiger partial charge is 0.346 e. The Labute approximate surface area is 127 Å². The van der Waals surface area contributed by atoms with Gasteiger partial charge in [-0.2, -0.15) is 0 Å². The first-order valence-electron chi connectivity index (χ1n) is 6.63. The van der Waals surface area contributed by atoms with Gasteiger partial charge in [-0.1, -0.05) is 23.7 Å². The maximum absolute atomic E-state index is 12.3. The molecule has 1 aromatic heterocycles. The van der Waals surface area contributed by atoms with Gasteiger partial charge in [0.25, 0.3) is 5.91 Å². The van der Waals surface area contributed by atoms with Crippen LogP contribution in [0.2, 0.25) is 5.02 Å². The van der Waals surface area contributed by atoms with E-state index in [0.717, 1.165) is 16.6 Å². The molecule has 0 spiro atoms. The number of carbonyl (C=O) groups excluding carboxylic acids is 1. The van der Waals surface area contributed by atoms with Crippen molar-refractivity contribution in [3.8, 4) is 0 Å². The molecule has 0 aliphatic heterocycles. The number of hydrogen-bond acceptors (Lipinski definition) is 2. The minimum Gasteiger partial charge on any atom is -0.346 e. The highest BCUT2D eigenvalue weighted by molar-refractivity contribution is 6.30. The minimum atomic E-state index is -0.117. The van der Waals surface area contributed by atoms with Gasteiger partial charge in [0, 0.05) is 10.6 Å². The van der Waals surface area contributed by atoms with Gasteiger partial charge < -0.3 is 10.3 Å². The summed E-state index contributed by atoms with van der Waals surface area (Å²) in [7, 11) is 0. The molecule has 0 saturated carbocycles. The molecular formula is C16H14ClN3O. The molecule has 21 heavy (non-hydrogen) atoms. The third kappa shape index (κ3) is 2.90. The molecule has 2 N–H and O–H groups in total. The molecule has 0 radical (unpaired) electrons. The normalized spacial score (nSPS) is 12.3. The van der Waals surface area contributed by atoms with E-state index < -0.39 is 0 Å². The number of carbonyl (C=O) groups is 1. The summed E-state index contributed by atoms with van der Waals surface area (Å²) in [4.78, 5) is 19.4. The van der Waals surface area contributed by atoms with Gasteiger partial charge in [-0.05, 0) is 42.8 Å². The fourth-order valence-electron chi connectivity index (χ4n) is 2.19. The van der Waals surface area contributed by atoms with E-state index in [1.165, 1.54) is 0 Å². The number of rotatable bonds is 3. The molecule has 0 bridgehead atoms. The fraction of sp³-hybridized carbons (Fsp3) is 0.125. The number of halogens is 1. The summed E-state index contributed by atoms with van der Waals surface area (Å²) in [6, 6.07) is 12.8. The lowest BCUT2D eigenvalue weighted by atomic mass is 10.1. The van der Waals surface area contributed by atoms with Crippen molar-refractivity contribution in [3.63, 3.8) is 0 Å². The molecule has 0 aliphatic carbocycles. The zero-order valence-corrected chi connectivity index (χ0v) is 12.2. The number of hydrogen-bond donors (Lipinski definition) is 2. The van der Waals surface area contributed by atoms with Gasteiger partial charge in [-0.3, -0.25) is 4.79 Å². The van der Waals surface area contributed by atoms with Gasteiger partial charge in [0.1, 0.15) is 0 Å². The molecule has 0 unspecified atom stereocenters. The van der Waals surface area contributed by atoms with Crippen molar-refractivity contribution in [1.82, 2.24) is 15.3 Å². The van der Waals surface area contributed by atoms with Crippen molar-refractivity contribution in [2.75, 3.05) is 0 Å². The Balaban J connectivity index is 1.77. The molecule has 0 aliphatic rings. The van der Waals surface area contributed by atoms with E-state index in [1.807, 2.05) is 37.3 Å². The van der Waals surface area contributed by atoms with Crippen molar-refractivity contribution in [2.45, 2.75) is 13.0 Å². The van der Waals surface area contributed by atoms with Gasteiger partial charge in [0.05, 0.1) is 23.4 Å². The van der Waals surface area contributed by atoms with Gasteiger partial charge in [-0.15, -0.1) is 0 Å². The highest BCUT2D eigenvalue weighted by Crippen LogP contribution is 2.17. The van der Waals surface area contributed by atoms with Crippen LogP contribution in [0.3, 0.4) is 0 Å². The Morgan fingerprint density at radius 2 is 2.00 bits per heavy atom. The predicted octanol–water partition coefficient (Wildman–Crippen LogP) is 3.71. The topological polar surface area (TPSA) is 57.8 Å². The molecule has 4 nitrogen and oxygen atoms in total. The number of aromatic amines is 1. The van der Waals surface area contributed by atoms with Crippen molar-refractivity contribution in [1.29, 1.82) is 0 Å². The van der Waals surface area contributed by atoms with Crippen molar-refractivity contribution < 1.29 is 4.79 Å². The molecule has 1 amide bonds. The van der Waals surface area contributed by atoms with E-state index in [2.05, 4.69) is 15.3 Å². The van der Waals surface area contributed by atoms with E-state index in [-0.39, 0.29) is 11.9 Å². The molecule has 0 fully saturated rings. The van der Waals surface area contributed by atoms with Crippen LogP contribution in [0.1, 0.15) is 28.9 Å². The summed E-state index contributed by atoms with van der Waals surface area (Å²) in [6.07, 6.45) is 1.61. The van der Waals surface area contributed by atoms with Crippen molar-refractivity contribution in [3.05, 3.63) is 64.9 Å². The SMILES string of the molecule is C[C@@H](NC(=O)c1ccc2nc[nH]c2c1)c1ccc(Cl)cc1. The maximum Gasteiger partial charge on any atom is 0.251 e. The zero-order valence-electron chi connectivity index (χ0n) is 11.4.